The molecule has 0 unspecified atom stereocenters. The molecule has 9 heteroatoms. The molecule has 3 N–H and O–H groups in total. The van der Waals surface area contributed by atoms with Crippen molar-refractivity contribution in [2.24, 2.45) is 5.14 Å². The van der Waals surface area contributed by atoms with Gasteiger partial charge in [0, 0.05) is 17.4 Å². The van der Waals surface area contributed by atoms with Crippen LogP contribution in [0.1, 0.15) is 5.69 Å². The maximum absolute atomic E-state index is 11.2. The molecule has 0 bridgehead atoms. The predicted molar refractivity (Wildman–Crippen MR) is 76.6 cm³/mol. The van der Waals surface area contributed by atoms with Gasteiger partial charge >= 0.3 is 0 Å². The highest BCUT2D eigenvalue weighted by molar-refractivity contribution is 7.89. The topological polar surface area (TPSA) is 115 Å². The van der Waals surface area contributed by atoms with Gasteiger partial charge in [0.05, 0.1) is 4.90 Å². The van der Waals surface area contributed by atoms with Crippen LogP contribution in [0.25, 0.3) is 5.78 Å². The number of aryl methyl sites for hydroxylation is 1. The summed E-state index contributed by atoms with van der Waals surface area (Å²) in [5, 5.41) is 12.3. The fraction of sp³-hybridized carbons (Fsp3) is 0.0833. The van der Waals surface area contributed by atoms with E-state index in [0.717, 1.165) is 5.69 Å². The summed E-state index contributed by atoms with van der Waals surface area (Å²) in [6.45, 7) is 1.85. The minimum Gasteiger partial charge on any atom is -0.340 e. The number of hydrogen-bond donors (Lipinski definition) is 2. The fourth-order valence-electron chi connectivity index (χ4n) is 1.90. The summed E-state index contributed by atoms with van der Waals surface area (Å²) in [4.78, 5) is 8.33. The number of hydrogen-bond acceptors (Lipinski definition) is 6. The van der Waals surface area contributed by atoms with Crippen molar-refractivity contribution in [3.8, 4) is 0 Å². The third-order valence-electron chi connectivity index (χ3n) is 2.84. The second-order valence-corrected chi connectivity index (χ2v) is 6.01. The summed E-state index contributed by atoms with van der Waals surface area (Å²) in [7, 11) is -3.69. The van der Waals surface area contributed by atoms with E-state index in [1.165, 1.54) is 18.5 Å². The summed E-state index contributed by atoms with van der Waals surface area (Å²) in [6.07, 6.45) is 1.41. The average Bonchev–Trinajstić information content (AvgIpc) is 2.86. The molecule has 21 heavy (non-hydrogen) atoms. The van der Waals surface area contributed by atoms with Crippen LogP contribution in [0.15, 0.2) is 41.6 Å². The van der Waals surface area contributed by atoms with Gasteiger partial charge in [-0.2, -0.15) is 14.6 Å². The van der Waals surface area contributed by atoms with Gasteiger partial charge in [0.1, 0.15) is 12.1 Å². The van der Waals surface area contributed by atoms with Crippen LogP contribution < -0.4 is 10.5 Å². The van der Waals surface area contributed by atoms with Gasteiger partial charge < -0.3 is 5.32 Å². The van der Waals surface area contributed by atoms with Crippen LogP contribution in [0, 0.1) is 6.92 Å². The van der Waals surface area contributed by atoms with Crippen LogP contribution in [0.5, 0.6) is 0 Å². The molecule has 8 nitrogen and oxygen atoms in total. The van der Waals surface area contributed by atoms with E-state index in [1.54, 1.807) is 16.6 Å². The Bertz CT molecular complexity index is 901. The molecule has 0 radical (unpaired) electrons. The zero-order chi connectivity index (χ0) is 15.0. The Balaban J connectivity index is 1.97. The lowest BCUT2D eigenvalue weighted by molar-refractivity contribution is 0.598. The van der Waals surface area contributed by atoms with E-state index < -0.39 is 10.0 Å². The molecular weight excluding hydrogens is 292 g/mol. The van der Waals surface area contributed by atoms with E-state index in [-0.39, 0.29) is 4.90 Å². The van der Waals surface area contributed by atoms with Crippen LogP contribution in [-0.2, 0) is 10.0 Å². The summed E-state index contributed by atoms with van der Waals surface area (Å²) in [5.74, 6) is 1.16. The SMILES string of the molecule is Cc1cc(Nc2ccc(S(N)(=O)=O)cc2)n2ncnc2n1. The van der Waals surface area contributed by atoms with Gasteiger partial charge in [-0.3, -0.25) is 0 Å². The number of primary sulfonamides is 1. The van der Waals surface area contributed by atoms with Crippen molar-refractivity contribution >= 4 is 27.3 Å². The zero-order valence-electron chi connectivity index (χ0n) is 11.1. The van der Waals surface area contributed by atoms with Crippen molar-refractivity contribution in [3.63, 3.8) is 0 Å². The maximum Gasteiger partial charge on any atom is 0.254 e. The zero-order valence-corrected chi connectivity index (χ0v) is 11.9. The Kier molecular flexibility index (Phi) is 3.07. The maximum atomic E-state index is 11.2. The van der Waals surface area contributed by atoms with Crippen molar-refractivity contribution < 1.29 is 8.42 Å². The molecule has 0 aliphatic rings. The first kappa shape index (κ1) is 13.5. The van der Waals surface area contributed by atoms with E-state index in [4.69, 9.17) is 5.14 Å². The highest BCUT2D eigenvalue weighted by Crippen LogP contribution is 2.19. The number of nitrogens with two attached hydrogens (primary N) is 1. The van der Waals surface area contributed by atoms with Gasteiger partial charge in [0.25, 0.3) is 5.78 Å². The Morgan fingerprint density at radius 2 is 1.95 bits per heavy atom. The average molecular weight is 304 g/mol. The number of nitrogens with one attached hydrogen (secondary N) is 1. The lowest BCUT2D eigenvalue weighted by Crippen LogP contribution is -2.11. The van der Waals surface area contributed by atoms with Crippen LogP contribution >= 0.6 is 0 Å². The first-order valence-electron chi connectivity index (χ1n) is 6.01. The highest BCUT2D eigenvalue weighted by atomic mass is 32.2. The third kappa shape index (κ3) is 2.69. The first-order valence-corrected chi connectivity index (χ1v) is 7.55. The van der Waals surface area contributed by atoms with E-state index in [9.17, 15) is 8.42 Å². The van der Waals surface area contributed by atoms with Crippen LogP contribution in [0.4, 0.5) is 11.5 Å². The van der Waals surface area contributed by atoms with E-state index in [2.05, 4.69) is 20.4 Å². The van der Waals surface area contributed by atoms with E-state index >= 15 is 0 Å². The lowest BCUT2D eigenvalue weighted by Gasteiger charge is -2.09. The van der Waals surface area contributed by atoms with Crippen LogP contribution in [0.3, 0.4) is 0 Å². The Morgan fingerprint density at radius 3 is 2.62 bits per heavy atom. The van der Waals surface area contributed by atoms with Gasteiger partial charge in [0.15, 0.2) is 0 Å². The van der Waals surface area contributed by atoms with Crippen LogP contribution in [0.2, 0.25) is 0 Å². The molecule has 0 aliphatic heterocycles. The normalized spacial score (nSPS) is 11.7. The van der Waals surface area contributed by atoms with Crippen molar-refractivity contribution in [3.05, 3.63) is 42.4 Å². The standard InChI is InChI=1S/C12H12N6O2S/c1-8-6-11(18-12(16-8)14-7-15-18)17-9-2-4-10(5-3-9)21(13,19)20/h2-7,17H,1H3,(H2,13,19,20). The highest BCUT2D eigenvalue weighted by Gasteiger charge is 2.08. The number of anilines is 2. The molecule has 0 aliphatic carbocycles. The first-order chi connectivity index (χ1) is 9.93. The molecule has 3 rings (SSSR count). The summed E-state index contributed by atoms with van der Waals surface area (Å²) in [6, 6.07) is 7.93. The Morgan fingerprint density at radius 1 is 1.24 bits per heavy atom. The van der Waals surface area contributed by atoms with Crippen molar-refractivity contribution in [1.82, 2.24) is 19.6 Å². The molecule has 0 amide bonds. The van der Waals surface area contributed by atoms with Crippen molar-refractivity contribution in [1.29, 1.82) is 0 Å². The molecule has 2 aromatic heterocycles. The fourth-order valence-corrected chi connectivity index (χ4v) is 2.41. The van der Waals surface area contributed by atoms with Gasteiger partial charge in [0.2, 0.25) is 10.0 Å². The molecule has 0 spiro atoms. The van der Waals surface area contributed by atoms with Gasteiger partial charge in [-0.1, -0.05) is 0 Å². The van der Waals surface area contributed by atoms with Crippen LogP contribution in [-0.4, -0.2) is 28.0 Å². The van der Waals surface area contributed by atoms with E-state index in [1.807, 2.05) is 13.0 Å². The Hall–Kier alpha value is -2.52. The van der Waals surface area contributed by atoms with E-state index in [0.29, 0.717) is 17.3 Å². The molecule has 2 heterocycles. The lowest BCUT2D eigenvalue weighted by atomic mass is 10.3. The summed E-state index contributed by atoms with van der Waals surface area (Å²) < 4.78 is 24.0. The quantitative estimate of drug-likeness (QED) is 0.740. The number of sulfonamides is 1. The van der Waals surface area contributed by atoms with Gasteiger partial charge in [-0.05, 0) is 31.2 Å². The van der Waals surface area contributed by atoms with Gasteiger partial charge in [-0.15, -0.1) is 0 Å². The molecule has 1 aromatic carbocycles. The number of nitrogens with zero attached hydrogens (tertiary/aromatic N) is 4. The number of fused-ring (bicyclic) bond motifs is 1. The monoisotopic (exact) mass is 304 g/mol. The molecule has 108 valence electrons. The second-order valence-electron chi connectivity index (χ2n) is 4.45. The molecule has 0 fully saturated rings. The number of benzene rings is 1. The smallest absolute Gasteiger partial charge is 0.254 e. The summed E-state index contributed by atoms with van der Waals surface area (Å²) in [5.41, 5.74) is 1.49. The van der Waals surface area contributed by atoms with Crippen molar-refractivity contribution in [2.75, 3.05) is 5.32 Å². The minimum atomic E-state index is -3.69. The Labute approximate surface area is 120 Å². The minimum absolute atomic E-state index is 0.0601. The number of rotatable bonds is 3. The second kappa shape index (κ2) is 4.79. The number of aromatic nitrogens is 4. The molecule has 0 saturated carbocycles. The predicted octanol–water partition coefficient (Wildman–Crippen LogP) is 0.824. The van der Waals surface area contributed by atoms with Gasteiger partial charge in [-0.25, -0.2) is 18.5 Å². The van der Waals surface area contributed by atoms with Crippen molar-refractivity contribution in [2.45, 2.75) is 11.8 Å². The third-order valence-corrected chi connectivity index (χ3v) is 3.76. The molecule has 0 saturated heterocycles. The summed E-state index contributed by atoms with van der Waals surface area (Å²) >= 11 is 0. The molecular formula is C12H12N6O2S. The largest absolute Gasteiger partial charge is 0.340 e. The molecule has 3 aromatic rings. The molecule has 0 atom stereocenters.